The number of rotatable bonds is 4. The molecule has 2 rings (SSSR count). The molecule has 0 radical (unpaired) electrons. The number of hydrogen-bond acceptors (Lipinski definition) is 1. The molecule has 1 aliphatic rings. The average Bonchev–Trinajstić information content (AvgIpc) is 2.30. The molecule has 0 aliphatic heterocycles. The molecule has 0 saturated heterocycles. The molecule has 1 aliphatic carbocycles. The molecule has 1 aromatic carbocycles. The summed E-state index contributed by atoms with van der Waals surface area (Å²) in [4.78, 5) is 0. The monoisotopic (exact) mass is 295 g/mol. The van der Waals surface area contributed by atoms with E-state index in [4.69, 9.17) is 0 Å². The molecule has 17 heavy (non-hydrogen) atoms. The summed E-state index contributed by atoms with van der Waals surface area (Å²) in [6.45, 7) is 8.13. The number of benzene rings is 1. The van der Waals surface area contributed by atoms with Crippen molar-refractivity contribution >= 4 is 15.9 Å². The quantitative estimate of drug-likeness (QED) is 0.872. The third kappa shape index (κ3) is 2.43. The maximum absolute atomic E-state index is 3.68. The Morgan fingerprint density at radius 1 is 1.35 bits per heavy atom. The topological polar surface area (TPSA) is 12.0 Å². The fraction of sp³-hybridized carbons (Fsp3) is 0.600. The van der Waals surface area contributed by atoms with Crippen molar-refractivity contribution in [3.05, 3.63) is 34.3 Å². The summed E-state index contributed by atoms with van der Waals surface area (Å²) in [5.74, 6) is 0.674. The Balaban J connectivity index is 2.09. The van der Waals surface area contributed by atoms with Gasteiger partial charge in [-0.2, -0.15) is 0 Å². The number of halogens is 1. The van der Waals surface area contributed by atoms with Crippen molar-refractivity contribution in [1.29, 1.82) is 0 Å². The van der Waals surface area contributed by atoms with E-state index in [9.17, 15) is 0 Å². The van der Waals surface area contributed by atoms with E-state index in [1.165, 1.54) is 22.9 Å². The lowest BCUT2D eigenvalue weighted by Crippen LogP contribution is -2.55. The van der Waals surface area contributed by atoms with E-state index in [2.05, 4.69) is 66.3 Å². The van der Waals surface area contributed by atoms with E-state index in [0.717, 1.165) is 6.54 Å². The SMILES string of the molecule is CCCNC1CC(c2ccccc2Br)C1(C)C. The number of nitrogens with one attached hydrogen (secondary N) is 1. The van der Waals surface area contributed by atoms with Crippen LogP contribution < -0.4 is 5.32 Å². The smallest absolute Gasteiger partial charge is 0.0210 e. The van der Waals surface area contributed by atoms with Gasteiger partial charge in [0.2, 0.25) is 0 Å². The molecular weight excluding hydrogens is 274 g/mol. The van der Waals surface area contributed by atoms with Crippen LogP contribution in [0.4, 0.5) is 0 Å². The van der Waals surface area contributed by atoms with Crippen molar-refractivity contribution in [2.24, 2.45) is 5.41 Å². The Hall–Kier alpha value is -0.340. The van der Waals surface area contributed by atoms with E-state index in [-0.39, 0.29) is 0 Å². The fourth-order valence-electron chi connectivity index (χ4n) is 2.88. The van der Waals surface area contributed by atoms with Crippen LogP contribution in [0, 0.1) is 5.41 Å². The van der Waals surface area contributed by atoms with E-state index >= 15 is 0 Å². The van der Waals surface area contributed by atoms with Crippen LogP contribution in [-0.4, -0.2) is 12.6 Å². The minimum atomic E-state index is 0.360. The number of hydrogen-bond donors (Lipinski definition) is 1. The summed E-state index contributed by atoms with van der Waals surface area (Å²) >= 11 is 3.68. The normalized spacial score (nSPS) is 26.6. The second-order valence-electron chi connectivity index (χ2n) is 5.64. The molecule has 1 fully saturated rings. The van der Waals surface area contributed by atoms with Gasteiger partial charge in [-0.1, -0.05) is 54.9 Å². The van der Waals surface area contributed by atoms with Crippen molar-refractivity contribution < 1.29 is 0 Å². The lowest BCUT2D eigenvalue weighted by molar-refractivity contribution is 0.0690. The maximum Gasteiger partial charge on any atom is 0.0210 e. The van der Waals surface area contributed by atoms with Crippen LogP contribution in [0.1, 0.15) is 45.1 Å². The van der Waals surface area contributed by atoms with Crippen LogP contribution in [0.2, 0.25) is 0 Å². The molecule has 0 bridgehead atoms. The van der Waals surface area contributed by atoms with Crippen LogP contribution in [-0.2, 0) is 0 Å². The molecule has 2 unspecified atom stereocenters. The first-order chi connectivity index (χ1) is 8.07. The lowest BCUT2D eigenvalue weighted by Gasteiger charge is -2.53. The van der Waals surface area contributed by atoms with Gasteiger partial charge in [-0.25, -0.2) is 0 Å². The van der Waals surface area contributed by atoms with Crippen LogP contribution in [0.25, 0.3) is 0 Å². The van der Waals surface area contributed by atoms with E-state index in [1.54, 1.807) is 0 Å². The molecule has 1 N–H and O–H groups in total. The highest BCUT2D eigenvalue weighted by Crippen LogP contribution is 2.53. The largest absolute Gasteiger partial charge is 0.313 e. The molecule has 0 aromatic heterocycles. The van der Waals surface area contributed by atoms with E-state index in [0.29, 0.717) is 17.4 Å². The Kier molecular flexibility index (Phi) is 3.94. The first-order valence-electron chi connectivity index (χ1n) is 6.55. The van der Waals surface area contributed by atoms with Crippen molar-refractivity contribution in [1.82, 2.24) is 5.32 Å². The van der Waals surface area contributed by atoms with Gasteiger partial charge in [-0.3, -0.25) is 0 Å². The molecule has 0 heterocycles. The highest BCUT2D eigenvalue weighted by Gasteiger charge is 2.48. The Morgan fingerprint density at radius 2 is 2.06 bits per heavy atom. The Labute approximate surface area is 113 Å². The Bertz CT molecular complexity index is 386. The van der Waals surface area contributed by atoms with Crippen molar-refractivity contribution in [3.8, 4) is 0 Å². The van der Waals surface area contributed by atoms with Gasteiger partial charge in [0.15, 0.2) is 0 Å². The summed E-state index contributed by atoms with van der Waals surface area (Å²) in [5.41, 5.74) is 1.83. The molecule has 94 valence electrons. The summed E-state index contributed by atoms with van der Waals surface area (Å²) in [7, 11) is 0. The first kappa shape index (κ1) is 13.1. The zero-order valence-electron chi connectivity index (χ0n) is 11.0. The van der Waals surface area contributed by atoms with Gasteiger partial charge in [0.25, 0.3) is 0 Å². The van der Waals surface area contributed by atoms with Gasteiger partial charge in [0.1, 0.15) is 0 Å². The van der Waals surface area contributed by atoms with Gasteiger partial charge in [-0.05, 0) is 42.3 Å². The van der Waals surface area contributed by atoms with E-state index < -0.39 is 0 Å². The standard InChI is InChI=1S/C15H22BrN/c1-4-9-17-14-10-12(15(14,2)3)11-7-5-6-8-13(11)16/h5-8,12,14,17H,4,9-10H2,1-3H3. The van der Waals surface area contributed by atoms with Crippen LogP contribution in [0.5, 0.6) is 0 Å². The zero-order chi connectivity index (χ0) is 12.5. The highest BCUT2D eigenvalue weighted by molar-refractivity contribution is 9.10. The zero-order valence-corrected chi connectivity index (χ0v) is 12.5. The molecule has 2 heteroatoms. The van der Waals surface area contributed by atoms with Crippen molar-refractivity contribution in [2.45, 2.75) is 45.6 Å². The lowest BCUT2D eigenvalue weighted by atomic mass is 9.56. The second kappa shape index (κ2) is 5.11. The fourth-order valence-corrected chi connectivity index (χ4v) is 3.44. The minimum Gasteiger partial charge on any atom is -0.313 e. The third-order valence-electron chi connectivity index (χ3n) is 4.19. The summed E-state index contributed by atoms with van der Waals surface area (Å²) in [6.07, 6.45) is 2.47. The first-order valence-corrected chi connectivity index (χ1v) is 7.34. The maximum atomic E-state index is 3.68. The molecule has 1 nitrogen and oxygen atoms in total. The van der Waals surface area contributed by atoms with Crippen LogP contribution >= 0.6 is 15.9 Å². The summed E-state index contributed by atoms with van der Waals surface area (Å²) in [5, 5.41) is 3.66. The Morgan fingerprint density at radius 3 is 2.65 bits per heavy atom. The van der Waals surface area contributed by atoms with Crippen LogP contribution in [0.3, 0.4) is 0 Å². The highest BCUT2D eigenvalue weighted by atomic mass is 79.9. The van der Waals surface area contributed by atoms with Crippen molar-refractivity contribution in [3.63, 3.8) is 0 Å². The average molecular weight is 296 g/mol. The van der Waals surface area contributed by atoms with Gasteiger partial charge in [0.05, 0.1) is 0 Å². The van der Waals surface area contributed by atoms with Gasteiger partial charge in [-0.15, -0.1) is 0 Å². The molecular formula is C15H22BrN. The van der Waals surface area contributed by atoms with Gasteiger partial charge >= 0.3 is 0 Å². The third-order valence-corrected chi connectivity index (χ3v) is 4.91. The van der Waals surface area contributed by atoms with Gasteiger partial charge in [0, 0.05) is 10.5 Å². The molecule has 1 aromatic rings. The summed E-state index contributed by atoms with van der Waals surface area (Å²) in [6, 6.07) is 9.30. The minimum absolute atomic E-state index is 0.360. The predicted octanol–water partition coefficient (Wildman–Crippen LogP) is 4.33. The molecule has 0 spiro atoms. The van der Waals surface area contributed by atoms with E-state index in [1.807, 2.05) is 0 Å². The van der Waals surface area contributed by atoms with Crippen LogP contribution in [0.15, 0.2) is 28.7 Å². The summed E-state index contributed by atoms with van der Waals surface area (Å²) < 4.78 is 1.26. The second-order valence-corrected chi connectivity index (χ2v) is 6.49. The molecule has 0 amide bonds. The molecule has 1 saturated carbocycles. The predicted molar refractivity (Wildman–Crippen MR) is 77.4 cm³/mol. The van der Waals surface area contributed by atoms with Crippen molar-refractivity contribution in [2.75, 3.05) is 6.54 Å². The molecule has 2 atom stereocenters. The van der Waals surface area contributed by atoms with Gasteiger partial charge < -0.3 is 5.32 Å².